The van der Waals surface area contributed by atoms with Gasteiger partial charge >= 0.3 is 6.03 Å². The van der Waals surface area contributed by atoms with Gasteiger partial charge in [0.25, 0.3) is 5.91 Å². The van der Waals surface area contributed by atoms with Crippen LogP contribution in [0.25, 0.3) is 0 Å². The third-order valence-corrected chi connectivity index (χ3v) is 5.32. The van der Waals surface area contributed by atoms with Crippen molar-refractivity contribution in [2.24, 2.45) is 4.99 Å². The van der Waals surface area contributed by atoms with E-state index >= 15 is 0 Å². The lowest BCUT2D eigenvalue weighted by Gasteiger charge is -2.23. The average molecular weight is 515 g/mol. The number of aryl methyl sites for hydroxylation is 1. The van der Waals surface area contributed by atoms with Gasteiger partial charge in [-0.05, 0) is 37.3 Å². The van der Waals surface area contributed by atoms with E-state index in [0.29, 0.717) is 25.9 Å². The maximum Gasteiger partial charge on any atom is 0.325 e. The van der Waals surface area contributed by atoms with Gasteiger partial charge in [-0.2, -0.15) is 0 Å². The summed E-state index contributed by atoms with van der Waals surface area (Å²) < 4.78 is 0. The molecule has 3 amide bonds. The first kappa shape index (κ1) is 25.2. The Balaban J connectivity index is 0.00000420. The van der Waals surface area contributed by atoms with Crippen LogP contribution in [-0.4, -0.2) is 60.4 Å². The van der Waals surface area contributed by atoms with Crippen LogP contribution in [-0.2, 0) is 17.8 Å². The van der Waals surface area contributed by atoms with Crippen LogP contribution >= 0.6 is 24.0 Å². The summed E-state index contributed by atoms with van der Waals surface area (Å²) in [5.41, 5.74) is 1.78. The third-order valence-electron chi connectivity index (χ3n) is 5.32. The molecule has 0 radical (unpaired) electrons. The number of benzene rings is 1. The van der Waals surface area contributed by atoms with E-state index in [9.17, 15) is 9.59 Å². The SMILES string of the molecule is CCc1ccc(CN(C)C(=NC)NCCCN2C(=O)NC(C)(CC)C2=O)cc1.I. The van der Waals surface area contributed by atoms with Crippen molar-refractivity contribution in [3.05, 3.63) is 35.4 Å². The van der Waals surface area contributed by atoms with Crippen molar-refractivity contribution in [1.82, 2.24) is 20.4 Å². The predicted molar refractivity (Wildman–Crippen MR) is 128 cm³/mol. The predicted octanol–water partition coefficient (Wildman–Crippen LogP) is 2.98. The van der Waals surface area contributed by atoms with Crippen LogP contribution in [0.3, 0.4) is 0 Å². The molecule has 7 nitrogen and oxygen atoms in total. The van der Waals surface area contributed by atoms with Crippen LogP contribution < -0.4 is 10.6 Å². The summed E-state index contributed by atoms with van der Waals surface area (Å²) in [6.07, 6.45) is 2.29. The standard InChI is InChI=1S/C21H33N5O2.HI/c1-6-16-9-11-17(12-10-16)15-25(5)19(22-4)23-13-8-14-26-18(27)21(3,7-2)24-20(26)28;/h9-12H,6-8,13-15H2,1-5H3,(H,22,23)(H,24,28);1H. The lowest BCUT2D eigenvalue weighted by molar-refractivity contribution is -0.130. The maximum absolute atomic E-state index is 12.4. The minimum atomic E-state index is -0.770. The molecule has 1 aromatic carbocycles. The number of nitrogens with zero attached hydrogens (tertiary/aromatic N) is 3. The number of imide groups is 1. The average Bonchev–Trinajstić information content (AvgIpc) is 2.91. The van der Waals surface area contributed by atoms with Crippen molar-refractivity contribution in [3.63, 3.8) is 0 Å². The molecule has 0 spiro atoms. The summed E-state index contributed by atoms with van der Waals surface area (Å²) in [4.78, 5) is 32.1. The molecule has 1 aromatic rings. The first-order valence-corrected chi connectivity index (χ1v) is 9.98. The fourth-order valence-electron chi connectivity index (χ4n) is 3.24. The Morgan fingerprint density at radius 3 is 2.34 bits per heavy atom. The van der Waals surface area contributed by atoms with E-state index < -0.39 is 5.54 Å². The number of guanidine groups is 1. The van der Waals surface area contributed by atoms with Gasteiger partial charge in [0.05, 0.1) is 0 Å². The number of halogens is 1. The second-order valence-electron chi connectivity index (χ2n) is 7.43. The second kappa shape index (κ2) is 11.4. The molecule has 1 saturated heterocycles. The first-order chi connectivity index (χ1) is 13.3. The number of aliphatic imine (C=N–C) groups is 1. The van der Waals surface area contributed by atoms with Crippen LogP contribution in [0.5, 0.6) is 0 Å². The van der Waals surface area contributed by atoms with E-state index in [0.717, 1.165) is 18.9 Å². The largest absolute Gasteiger partial charge is 0.356 e. The van der Waals surface area contributed by atoms with Crippen molar-refractivity contribution in [1.29, 1.82) is 0 Å². The summed E-state index contributed by atoms with van der Waals surface area (Å²) in [5, 5.41) is 6.09. The highest BCUT2D eigenvalue weighted by molar-refractivity contribution is 14.0. The molecule has 0 saturated carbocycles. The van der Waals surface area contributed by atoms with Crippen molar-refractivity contribution in [2.75, 3.05) is 27.2 Å². The molecule has 1 fully saturated rings. The summed E-state index contributed by atoms with van der Waals surface area (Å²) in [6.45, 7) is 7.60. The van der Waals surface area contributed by atoms with Crippen molar-refractivity contribution in [3.8, 4) is 0 Å². The van der Waals surface area contributed by atoms with Gasteiger partial charge in [-0.1, -0.05) is 38.1 Å². The summed E-state index contributed by atoms with van der Waals surface area (Å²) in [6, 6.07) is 8.30. The van der Waals surface area contributed by atoms with Crippen LogP contribution in [0.4, 0.5) is 4.79 Å². The zero-order valence-electron chi connectivity index (χ0n) is 18.1. The maximum atomic E-state index is 12.4. The number of nitrogens with one attached hydrogen (secondary N) is 2. The van der Waals surface area contributed by atoms with Gasteiger partial charge in [-0.25, -0.2) is 4.79 Å². The number of urea groups is 1. The first-order valence-electron chi connectivity index (χ1n) is 9.98. The van der Waals surface area contributed by atoms with Gasteiger partial charge < -0.3 is 15.5 Å². The van der Waals surface area contributed by atoms with Crippen molar-refractivity contribution in [2.45, 2.75) is 52.1 Å². The van der Waals surface area contributed by atoms with Crippen LogP contribution in [0, 0.1) is 0 Å². The zero-order chi connectivity index (χ0) is 20.7. The lowest BCUT2D eigenvalue weighted by atomic mass is 9.99. The molecular weight excluding hydrogens is 481 g/mol. The molecule has 0 aliphatic carbocycles. The topological polar surface area (TPSA) is 77.0 Å². The van der Waals surface area contributed by atoms with E-state index in [1.165, 1.54) is 16.0 Å². The number of hydrogen-bond donors (Lipinski definition) is 2. The Hall–Kier alpha value is -1.84. The molecular formula is C21H34IN5O2. The summed E-state index contributed by atoms with van der Waals surface area (Å²) >= 11 is 0. The minimum Gasteiger partial charge on any atom is -0.356 e. The Morgan fingerprint density at radius 1 is 1.21 bits per heavy atom. The molecule has 8 heteroatoms. The molecule has 0 aromatic heterocycles. The molecule has 2 rings (SSSR count). The molecule has 1 atom stereocenters. The van der Waals surface area contributed by atoms with Gasteiger partial charge in [0.15, 0.2) is 5.96 Å². The monoisotopic (exact) mass is 515 g/mol. The van der Waals surface area contributed by atoms with Crippen molar-refractivity contribution >= 4 is 41.9 Å². The Kier molecular flexibility index (Phi) is 9.88. The van der Waals surface area contributed by atoms with Gasteiger partial charge in [-0.15, -0.1) is 24.0 Å². The number of hydrogen-bond acceptors (Lipinski definition) is 3. The summed E-state index contributed by atoms with van der Waals surface area (Å²) in [5.74, 6) is 0.646. The van der Waals surface area contributed by atoms with E-state index in [2.05, 4.69) is 51.7 Å². The Morgan fingerprint density at radius 2 is 1.83 bits per heavy atom. The Labute approximate surface area is 191 Å². The smallest absolute Gasteiger partial charge is 0.325 e. The second-order valence-corrected chi connectivity index (χ2v) is 7.43. The minimum absolute atomic E-state index is 0. The highest BCUT2D eigenvalue weighted by Crippen LogP contribution is 2.20. The van der Waals surface area contributed by atoms with Gasteiger partial charge in [-0.3, -0.25) is 14.7 Å². The highest BCUT2D eigenvalue weighted by Gasteiger charge is 2.45. The molecule has 1 aliphatic rings. The molecule has 162 valence electrons. The number of amides is 3. The third kappa shape index (κ3) is 6.32. The van der Waals surface area contributed by atoms with Gasteiger partial charge in [0.2, 0.25) is 0 Å². The van der Waals surface area contributed by atoms with E-state index in [-0.39, 0.29) is 35.9 Å². The van der Waals surface area contributed by atoms with E-state index in [1.54, 1.807) is 14.0 Å². The number of carbonyl (C=O) groups excluding carboxylic acids is 2. The zero-order valence-corrected chi connectivity index (χ0v) is 20.4. The van der Waals surface area contributed by atoms with E-state index in [1.807, 2.05) is 14.0 Å². The highest BCUT2D eigenvalue weighted by atomic mass is 127. The quantitative estimate of drug-likeness (QED) is 0.184. The molecule has 1 aliphatic heterocycles. The van der Waals surface area contributed by atoms with Crippen LogP contribution in [0.15, 0.2) is 29.3 Å². The van der Waals surface area contributed by atoms with Gasteiger partial charge in [0, 0.05) is 33.7 Å². The fraction of sp³-hybridized carbons (Fsp3) is 0.571. The van der Waals surface area contributed by atoms with Crippen LogP contribution in [0.1, 0.15) is 44.7 Å². The Bertz CT molecular complexity index is 722. The lowest BCUT2D eigenvalue weighted by Crippen LogP contribution is -2.43. The molecule has 1 heterocycles. The number of carbonyl (C=O) groups is 2. The molecule has 0 bridgehead atoms. The molecule has 1 unspecified atom stereocenters. The normalized spacial score (nSPS) is 19.1. The van der Waals surface area contributed by atoms with Gasteiger partial charge in [0.1, 0.15) is 5.54 Å². The van der Waals surface area contributed by atoms with Crippen LogP contribution in [0.2, 0.25) is 0 Å². The van der Waals surface area contributed by atoms with Crippen molar-refractivity contribution < 1.29 is 9.59 Å². The molecule has 2 N–H and O–H groups in total. The summed E-state index contributed by atoms with van der Waals surface area (Å²) in [7, 11) is 3.75. The molecule has 29 heavy (non-hydrogen) atoms. The number of rotatable bonds is 8. The van der Waals surface area contributed by atoms with E-state index in [4.69, 9.17) is 0 Å². The fourth-order valence-corrected chi connectivity index (χ4v) is 3.24.